The molecule has 0 bridgehead atoms. The molecule has 0 saturated heterocycles. The van der Waals surface area contributed by atoms with Crippen LogP contribution in [0.15, 0.2) is 340 Å². The van der Waals surface area contributed by atoms with Crippen LogP contribution in [0.1, 0.15) is 55.6 Å². The highest BCUT2D eigenvalue weighted by Gasteiger charge is 2.51. The minimum absolute atomic E-state index is 0.386. The summed E-state index contributed by atoms with van der Waals surface area (Å²) in [6.45, 7) is 0. The first-order valence-electron chi connectivity index (χ1n) is 34.2. The monoisotopic (exact) mass is 1270 g/mol. The van der Waals surface area contributed by atoms with Crippen LogP contribution in [-0.2, 0) is 10.8 Å². The van der Waals surface area contributed by atoms with Crippen molar-refractivity contribution in [1.29, 1.82) is 10.5 Å². The first kappa shape index (κ1) is 55.7. The molecule has 0 unspecified atom stereocenters. The first-order valence-corrected chi connectivity index (χ1v) is 34.2. The lowest BCUT2D eigenvalue weighted by Gasteiger charge is -2.35. The van der Waals surface area contributed by atoms with E-state index in [-0.39, 0.29) is 0 Å². The van der Waals surface area contributed by atoms with E-state index >= 15 is 0 Å². The van der Waals surface area contributed by atoms with Crippen LogP contribution in [-0.4, -0.2) is 18.3 Å². The van der Waals surface area contributed by atoms with Crippen LogP contribution >= 0.6 is 0 Å². The van der Waals surface area contributed by atoms with Crippen molar-refractivity contribution in [3.8, 4) is 57.1 Å². The van der Waals surface area contributed by atoms with Crippen LogP contribution in [0.25, 0.3) is 132 Å². The zero-order chi connectivity index (χ0) is 66.0. The lowest BCUT2D eigenvalue weighted by molar-refractivity contribution is 0.771. The van der Waals surface area contributed by atoms with E-state index in [0.717, 1.165) is 154 Å². The second-order valence-electron chi connectivity index (χ2n) is 26.6. The van der Waals surface area contributed by atoms with E-state index in [0.29, 0.717) is 33.9 Å². The number of fused-ring (bicyclic) bond motifs is 20. The molecule has 100 heavy (non-hydrogen) atoms. The average Bonchev–Trinajstić information content (AvgIpc) is 1.50. The van der Waals surface area contributed by atoms with Crippen molar-refractivity contribution in [2.45, 2.75) is 10.8 Å². The molecule has 462 valence electrons. The number of rotatable bonds is 8. The molecule has 4 aromatic heterocycles. The van der Waals surface area contributed by atoms with Gasteiger partial charge in [-0.1, -0.05) is 303 Å². The van der Waals surface area contributed by atoms with Crippen molar-refractivity contribution in [1.82, 2.24) is 18.3 Å². The van der Waals surface area contributed by atoms with Crippen molar-refractivity contribution in [2.75, 3.05) is 0 Å². The fraction of sp³-hybridized carbons (Fsp3) is 0.0213. The van der Waals surface area contributed by atoms with Gasteiger partial charge in [-0.05, 0) is 92.0 Å². The molecule has 6 heteroatoms. The van der Waals surface area contributed by atoms with Gasteiger partial charge in [-0.3, -0.25) is 0 Å². The Bertz CT molecular complexity index is 6190. The third-order valence-corrected chi connectivity index (χ3v) is 22.2. The van der Waals surface area contributed by atoms with Gasteiger partial charge in [0.2, 0.25) is 0 Å². The van der Waals surface area contributed by atoms with E-state index in [4.69, 9.17) is 0 Å². The Balaban J connectivity index is 1.06. The minimum Gasteiger partial charge on any atom is -0.306 e. The van der Waals surface area contributed by atoms with Gasteiger partial charge >= 0.3 is 0 Å². The van der Waals surface area contributed by atoms with Crippen molar-refractivity contribution in [3.63, 3.8) is 0 Å². The molecule has 0 aliphatic heterocycles. The van der Waals surface area contributed by atoms with Gasteiger partial charge in [-0.25, -0.2) is 0 Å². The summed E-state index contributed by atoms with van der Waals surface area (Å²) in [7, 11) is 0. The zero-order valence-corrected chi connectivity index (χ0v) is 54.0. The molecule has 15 aromatic carbocycles. The van der Waals surface area contributed by atoms with Gasteiger partial charge in [0.1, 0.15) is 23.3 Å². The summed E-state index contributed by atoms with van der Waals surface area (Å²) in [6.07, 6.45) is 0. The molecular weight excluding hydrogens is 1210 g/mol. The lowest BCUT2D eigenvalue weighted by Crippen LogP contribution is -2.29. The van der Waals surface area contributed by atoms with E-state index in [1.165, 1.54) is 0 Å². The maximum atomic E-state index is 13.7. The van der Waals surface area contributed by atoms with Crippen molar-refractivity contribution < 1.29 is 0 Å². The third-order valence-electron chi connectivity index (χ3n) is 22.2. The Morgan fingerprint density at radius 2 is 0.450 bits per heavy atom. The lowest BCUT2D eigenvalue weighted by atomic mass is 9.67. The number of benzene rings is 15. The standard InChI is InChI=1S/C94H56N6/c95-57-75-90(98-81-49-25-17-41-67(81)68-42-18-26-50-82(68)98)92(100-84-52-28-20-44-70(84)74-56-54-72-64-38-14-22-46-78(64)94(86(72)88(74)100,61-33-9-3-10-34-61)62-35-11-4-12-36-62)76(58-96)89(97-79-47-23-15-39-65(79)66-40-16-24-48-80(66)97)91(75)99-83-51-27-19-43-69(83)73-55-53-71-63-37-13-21-45-77(63)93(85(71)87(73)99,59-29-5-1-6-30-59)60-31-7-2-8-32-60/h1-56H. The Kier molecular flexibility index (Phi) is 11.7. The molecule has 0 amide bonds. The predicted octanol–water partition coefficient (Wildman–Crippen LogP) is 22.5. The SMILES string of the molecule is N#Cc1c(-n2c3ccccc3c3ccccc32)c(-n2c3ccccc3c3ccc4c(c32)C(c2ccccc2)(c2ccccc2)c2ccccc2-4)c(C#N)c(-n2c3ccccc3c3ccccc32)c1-n1c2ccccc2c2ccc3c(c21)C(c1ccccc1)(c1ccccc1)c1ccccc1-3. The van der Waals surface area contributed by atoms with Gasteiger partial charge in [-0.2, -0.15) is 10.5 Å². The first-order chi connectivity index (χ1) is 49.6. The van der Waals surface area contributed by atoms with E-state index in [2.05, 4.69) is 370 Å². The zero-order valence-electron chi connectivity index (χ0n) is 54.0. The molecule has 0 fully saturated rings. The van der Waals surface area contributed by atoms with E-state index < -0.39 is 10.8 Å². The molecule has 0 radical (unpaired) electrons. The van der Waals surface area contributed by atoms with Gasteiger partial charge < -0.3 is 18.3 Å². The quantitative estimate of drug-likeness (QED) is 0.152. The number of para-hydroxylation sites is 6. The fourth-order valence-electron chi connectivity index (χ4n) is 18.5. The second-order valence-corrected chi connectivity index (χ2v) is 26.6. The fourth-order valence-corrected chi connectivity index (χ4v) is 18.5. The van der Waals surface area contributed by atoms with Crippen LogP contribution in [0, 0.1) is 22.7 Å². The summed E-state index contributed by atoms with van der Waals surface area (Å²) in [5.74, 6) is 0. The Morgan fingerprint density at radius 1 is 0.210 bits per heavy atom. The van der Waals surface area contributed by atoms with Crippen LogP contribution in [0.5, 0.6) is 0 Å². The average molecular weight is 1270 g/mol. The van der Waals surface area contributed by atoms with E-state index in [1.54, 1.807) is 0 Å². The second kappa shape index (κ2) is 21.0. The van der Waals surface area contributed by atoms with Gasteiger partial charge in [0.25, 0.3) is 0 Å². The molecular formula is C94H56N6. The van der Waals surface area contributed by atoms with Crippen LogP contribution < -0.4 is 0 Å². The van der Waals surface area contributed by atoms with Crippen molar-refractivity contribution >= 4 is 87.2 Å². The van der Waals surface area contributed by atoms with Crippen molar-refractivity contribution in [2.24, 2.45) is 0 Å². The van der Waals surface area contributed by atoms with Crippen molar-refractivity contribution in [3.05, 3.63) is 395 Å². The molecule has 0 N–H and O–H groups in total. The predicted molar refractivity (Wildman–Crippen MR) is 408 cm³/mol. The topological polar surface area (TPSA) is 67.3 Å². The molecule has 2 aliphatic rings. The summed E-state index contributed by atoms with van der Waals surface area (Å²) in [5, 5.41) is 35.6. The number of hydrogen-bond acceptors (Lipinski definition) is 2. The number of nitriles is 2. The third kappa shape index (κ3) is 7.07. The Morgan fingerprint density at radius 3 is 0.750 bits per heavy atom. The molecule has 0 saturated carbocycles. The van der Waals surface area contributed by atoms with Crippen LogP contribution in [0.2, 0.25) is 0 Å². The molecule has 0 atom stereocenters. The summed E-state index contributed by atoms with van der Waals surface area (Å²) in [5.41, 5.74) is 22.0. The normalized spacial score (nSPS) is 13.3. The summed E-state index contributed by atoms with van der Waals surface area (Å²) in [6, 6.07) is 129. The maximum Gasteiger partial charge on any atom is 0.104 e. The van der Waals surface area contributed by atoms with Gasteiger partial charge in [0.15, 0.2) is 0 Å². The molecule has 2 aliphatic carbocycles. The van der Waals surface area contributed by atoms with E-state index in [1.807, 2.05) is 0 Å². The molecule has 21 rings (SSSR count). The Hall–Kier alpha value is -13.5. The van der Waals surface area contributed by atoms with Gasteiger partial charge in [0.05, 0.1) is 77.7 Å². The highest BCUT2D eigenvalue weighted by molar-refractivity contribution is 6.19. The smallest absolute Gasteiger partial charge is 0.104 e. The number of aromatic nitrogens is 4. The summed E-state index contributed by atoms with van der Waals surface area (Å²) in [4.78, 5) is 0. The molecule has 0 spiro atoms. The summed E-state index contributed by atoms with van der Waals surface area (Å²) >= 11 is 0. The van der Waals surface area contributed by atoms with Gasteiger partial charge in [-0.15, -0.1) is 0 Å². The highest BCUT2D eigenvalue weighted by atomic mass is 15.1. The van der Waals surface area contributed by atoms with Gasteiger partial charge in [0, 0.05) is 54.2 Å². The number of hydrogen-bond donors (Lipinski definition) is 0. The van der Waals surface area contributed by atoms with E-state index in [9.17, 15) is 10.5 Å². The largest absolute Gasteiger partial charge is 0.306 e. The summed E-state index contributed by atoms with van der Waals surface area (Å²) < 4.78 is 9.49. The van der Waals surface area contributed by atoms with Crippen LogP contribution in [0.3, 0.4) is 0 Å². The minimum atomic E-state index is -0.890. The van der Waals surface area contributed by atoms with Crippen LogP contribution in [0.4, 0.5) is 0 Å². The highest BCUT2D eigenvalue weighted by Crippen LogP contribution is 2.62. The number of nitrogens with zero attached hydrogens (tertiary/aromatic N) is 6. The molecule has 6 nitrogen and oxygen atoms in total. The molecule has 19 aromatic rings. The Labute approximate surface area is 575 Å². The maximum absolute atomic E-state index is 13.7. The molecule has 4 heterocycles.